The minimum Gasteiger partial charge on any atom is -0.388 e. The van der Waals surface area contributed by atoms with Crippen molar-refractivity contribution in [3.63, 3.8) is 0 Å². The summed E-state index contributed by atoms with van der Waals surface area (Å²) in [5, 5.41) is 3.48. The molecule has 0 unspecified atom stereocenters. The highest BCUT2D eigenvalue weighted by Crippen LogP contribution is 2.12. The third-order valence-electron chi connectivity index (χ3n) is 2.24. The minimum absolute atomic E-state index is 1.11. The zero-order valence-electron chi connectivity index (χ0n) is 9.09. The van der Waals surface area contributed by atoms with Gasteiger partial charge in [0, 0.05) is 11.9 Å². The summed E-state index contributed by atoms with van der Waals surface area (Å²) >= 11 is 0. The van der Waals surface area contributed by atoms with Crippen molar-refractivity contribution in [3.8, 4) is 0 Å². The first-order valence-corrected chi connectivity index (χ1v) is 8.45. The second kappa shape index (κ2) is 5.01. The fourth-order valence-corrected chi connectivity index (χ4v) is 2.97. The number of hydrogen-bond donors (Lipinski definition) is 1. The van der Waals surface area contributed by atoms with E-state index in [1.807, 2.05) is 12.1 Å². The third kappa shape index (κ3) is 3.79. The van der Waals surface area contributed by atoms with Crippen LogP contribution in [0.1, 0.15) is 0 Å². The van der Waals surface area contributed by atoms with E-state index < -0.39 is 8.07 Å². The molecule has 0 saturated carbocycles. The second-order valence-electron chi connectivity index (χ2n) is 4.38. The molecule has 1 aromatic carbocycles. The van der Waals surface area contributed by atoms with Crippen LogP contribution in [-0.4, -0.2) is 14.2 Å². The lowest BCUT2D eigenvalue weighted by molar-refractivity contribution is 1.33. The molecule has 0 bridgehead atoms. The van der Waals surface area contributed by atoms with Crippen molar-refractivity contribution >= 4 is 13.8 Å². The van der Waals surface area contributed by atoms with Crippen molar-refractivity contribution < 1.29 is 0 Å². The van der Waals surface area contributed by atoms with E-state index in [2.05, 4.69) is 49.3 Å². The molecule has 0 aliphatic rings. The molecular formula is C12H19NSi. The molecule has 1 nitrogen and oxygen atoms in total. The molecule has 1 rings (SSSR count). The molecular weight excluding hydrogens is 186 g/mol. The average Bonchev–Trinajstić information content (AvgIpc) is 2.17. The van der Waals surface area contributed by atoms with E-state index in [1.165, 1.54) is 11.7 Å². The van der Waals surface area contributed by atoms with Gasteiger partial charge in [-0.2, -0.15) is 0 Å². The Kier molecular flexibility index (Phi) is 3.95. The Morgan fingerprint density at radius 2 is 1.93 bits per heavy atom. The Morgan fingerprint density at radius 3 is 2.50 bits per heavy atom. The van der Waals surface area contributed by atoms with Gasteiger partial charge >= 0.3 is 0 Å². The molecule has 0 radical (unpaired) electrons. The van der Waals surface area contributed by atoms with Crippen LogP contribution in [0.25, 0.3) is 0 Å². The third-order valence-corrected chi connectivity index (χ3v) is 4.77. The van der Waals surface area contributed by atoms with Gasteiger partial charge in [-0.05, 0) is 18.2 Å². The minimum atomic E-state index is -1.12. The smallest absolute Gasteiger partial charge is 0.0729 e. The van der Waals surface area contributed by atoms with E-state index in [0.29, 0.717) is 0 Å². The van der Waals surface area contributed by atoms with E-state index in [9.17, 15) is 0 Å². The highest BCUT2D eigenvalue weighted by Gasteiger charge is 2.17. The molecule has 1 aromatic rings. The van der Waals surface area contributed by atoms with Gasteiger partial charge in [-0.25, -0.2) is 0 Å². The zero-order valence-corrected chi connectivity index (χ0v) is 10.1. The summed E-state index contributed by atoms with van der Waals surface area (Å²) in [7, 11) is -1.12. The Morgan fingerprint density at radius 1 is 1.29 bits per heavy atom. The average molecular weight is 205 g/mol. The van der Waals surface area contributed by atoms with Crippen molar-refractivity contribution in [3.05, 3.63) is 43.0 Å². The Labute approximate surface area is 87.9 Å². The van der Waals surface area contributed by atoms with Crippen LogP contribution in [0.3, 0.4) is 0 Å². The van der Waals surface area contributed by atoms with Crippen molar-refractivity contribution in [1.82, 2.24) is 0 Å². The molecule has 0 heterocycles. The van der Waals surface area contributed by atoms with Gasteiger partial charge in [0.15, 0.2) is 0 Å². The van der Waals surface area contributed by atoms with Gasteiger partial charge in [-0.1, -0.05) is 37.4 Å². The van der Waals surface area contributed by atoms with Gasteiger partial charge in [-0.3, -0.25) is 0 Å². The number of benzene rings is 1. The summed E-state index contributed by atoms with van der Waals surface area (Å²) in [6.45, 7) is 8.57. The topological polar surface area (TPSA) is 12.0 Å². The number of nitrogens with one attached hydrogen (secondary N) is 1. The quantitative estimate of drug-likeness (QED) is 0.573. The van der Waals surface area contributed by atoms with Gasteiger partial charge in [-0.15, -0.1) is 6.58 Å². The fourth-order valence-electron chi connectivity index (χ4n) is 1.36. The molecule has 2 heteroatoms. The van der Waals surface area contributed by atoms with Crippen molar-refractivity contribution in [1.29, 1.82) is 0 Å². The van der Waals surface area contributed by atoms with Gasteiger partial charge in [0.1, 0.15) is 0 Å². The van der Waals surface area contributed by atoms with E-state index >= 15 is 0 Å². The first kappa shape index (κ1) is 11.1. The molecule has 0 saturated heterocycles. The predicted molar refractivity (Wildman–Crippen MR) is 67.4 cm³/mol. The number of hydrogen-bond acceptors (Lipinski definition) is 1. The Balaban J connectivity index is 2.44. The monoisotopic (exact) mass is 205 g/mol. The second-order valence-corrected chi connectivity index (χ2v) is 9.47. The highest BCUT2D eigenvalue weighted by molar-refractivity contribution is 6.78. The van der Waals surface area contributed by atoms with E-state index in [4.69, 9.17) is 0 Å². The van der Waals surface area contributed by atoms with Crippen LogP contribution >= 0.6 is 0 Å². The largest absolute Gasteiger partial charge is 0.388 e. The maximum absolute atomic E-state index is 3.81. The molecule has 0 fully saturated rings. The predicted octanol–water partition coefficient (Wildman–Crippen LogP) is 3.53. The number of rotatable bonds is 5. The SMILES string of the molecule is C=CC[Si](C)(C)CNc1ccccc1. The molecule has 0 spiro atoms. The lowest BCUT2D eigenvalue weighted by Crippen LogP contribution is -2.34. The molecule has 76 valence electrons. The van der Waals surface area contributed by atoms with Crippen molar-refractivity contribution in [2.45, 2.75) is 19.1 Å². The van der Waals surface area contributed by atoms with Crippen LogP contribution in [0, 0.1) is 0 Å². The van der Waals surface area contributed by atoms with Gasteiger partial charge in [0.25, 0.3) is 0 Å². The van der Waals surface area contributed by atoms with Crippen LogP contribution < -0.4 is 5.32 Å². The van der Waals surface area contributed by atoms with Crippen molar-refractivity contribution in [2.75, 3.05) is 11.5 Å². The first-order chi connectivity index (χ1) is 6.64. The maximum Gasteiger partial charge on any atom is 0.0729 e. The standard InChI is InChI=1S/C12H19NSi/c1-4-10-14(2,3)11-13-12-8-6-5-7-9-12/h4-9,13H,1,10-11H2,2-3H3. The molecule has 0 amide bonds. The van der Waals surface area contributed by atoms with Crippen LogP contribution in [0.5, 0.6) is 0 Å². The highest BCUT2D eigenvalue weighted by atomic mass is 28.3. The molecule has 0 atom stereocenters. The van der Waals surface area contributed by atoms with Crippen LogP contribution in [0.15, 0.2) is 43.0 Å². The lowest BCUT2D eigenvalue weighted by atomic mass is 10.3. The summed E-state index contributed by atoms with van der Waals surface area (Å²) in [6.07, 6.45) is 3.15. The summed E-state index contributed by atoms with van der Waals surface area (Å²) < 4.78 is 0. The van der Waals surface area contributed by atoms with Crippen LogP contribution in [0.2, 0.25) is 19.1 Å². The number of para-hydroxylation sites is 1. The molecule has 0 aliphatic carbocycles. The first-order valence-electron chi connectivity index (χ1n) is 5.04. The Hall–Kier alpha value is -1.02. The lowest BCUT2D eigenvalue weighted by Gasteiger charge is -2.21. The number of allylic oxidation sites excluding steroid dienone is 1. The summed E-state index contributed by atoms with van der Waals surface area (Å²) in [5.41, 5.74) is 1.22. The van der Waals surface area contributed by atoms with Gasteiger partial charge in [0.05, 0.1) is 8.07 Å². The maximum atomic E-state index is 3.81. The van der Waals surface area contributed by atoms with Gasteiger partial charge in [0.2, 0.25) is 0 Å². The Bertz CT molecular complexity index is 280. The van der Waals surface area contributed by atoms with Crippen LogP contribution in [-0.2, 0) is 0 Å². The van der Waals surface area contributed by atoms with E-state index in [-0.39, 0.29) is 0 Å². The van der Waals surface area contributed by atoms with E-state index in [1.54, 1.807) is 0 Å². The molecule has 0 aliphatic heterocycles. The molecule has 14 heavy (non-hydrogen) atoms. The van der Waals surface area contributed by atoms with Gasteiger partial charge < -0.3 is 5.32 Å². The summed E-state index contributed by atoms with van der Waals surface area (Å²) in [5.74, 6) is 0. The molecule has 1 N–H and O–H groups in total. The zero-order chi connectivity index (χ0) is 10.4. The summed E-state index contributed by atoms with van der Waals surface area (Å²) in [6, 6.07) is 11.6. The summed E-state index contributed by atoms with van der Waals surface area (Å²) in [4.78, 5) is 0. The van der Waals surface area contributed by atoms with Crippen molar-refractivity contribution in [2.24, 2.45) is 0 Å². The normalized spacial score (nSPS) is 11.0. The molecule has 0 aromatic heterocycles. The fraction of sp³-hybridized carbons (Fsp3) is 0.333. The van der Waals surface area contributed by atoms with Crippen LogP contribution in [0.4, 0.5) is 5.69 Å². The van der Waals surface area contributed by atoms with E-state index in [0.717, 1.165) is 6.17 Å². The number of anilines is 1.